The third-order valence-corrected chi connectivity index (χ3v) is 4.40. The Morgan fingerprint density at radius 2 is 2.06 bits per heavy atom. The van der Waals surface area contributed by atoms with Gasteiger partial charge in [-0.3, -0.25) is 4.79 Å². The molecule has 4 nitrogen and oxygen atoms in total. The zero-order valence-corrected chi connectivity index (χ0v) is 11.7. The number of hydrogen-bond donors (Lipinski definition) is 2. The normalized spacial score (nSPS) is 31.2. The summed E-state index contributed by atoms with van der Waals surface area (Å²) in [5, 5.41) is 6.56. The quantitative estimate of drug-likeness (QED) is 0.783. The van der Waals surface area contributed by atoms with E-state index >= 15 is 0 Å². The summed E-state index contributed by atoms with van der Waals surface area (Å²) in [5.41, 5.74) is 0. The van der Waals surface area contributed by atoms with Gasteiger partial charge in [0.1, 0.15) is 0 Å². The Labute approximate surface area is 110 Å². The molecule has 2 aliphatic heterocycles. The summed E-state index contributed by atoms with van der Waals surface area (Å²) in [4.78, 5) is 14.5. The number of amides is 1. The van der Waals surface area contributed by atoms with Crippen molar-refractivity contribution in [3.8, 4) is 0 Å². The van der Waals surface area contributed by atoms with E-state index in [4.69, 9.17) is 0 Å². The molecule has 2 rings (SSSR count). The molecule has 0 spiro atoms. The SMILES string of the molecule is CC1CC(C(=O)NCC2CCN(C)CC2)CCN1. The van der Waals surface area contributed by atoms with Gasteiger partial charge in [-0.25, -0.2) is 0 Å². The molecule has 2 aliphatic rings. The first-order valence-corrected chi connectivity index (χ1v) is 7.35. The fourth-order valence-electron chi connectivity index (χ4n) is 3.03. The second-order valence-corrected chi connectivity index (χ2v) is 6.07. The third-order valence-electron chi connectivity index (χ3n) is 4.40. The Hall–Kier alpha value is -0.610. The van der Waals surface area contributed by atoms with Gasteiger partial charge in [0.05, 0.1) is 0 Å². The van der Waals surface area contributed by atoms with Crippen molar-refractivity contribution in [3.63, 3.8) is 0 Å². The van der Waals surface area contributed by atoms with Gasteiger partial charge in [-0.15, -0.1) is 0 Å². The van der Waals surface area contributed by atoms with E-state index in [1.807, 2.05) is 0 Å². The van der Waals surface area contributed by atoms with Crippen LogP contribution in [0.15, 0.2) is 0 Å². The molecule has 2 atom stereocenters. The predicted molar refractivity (Wildman–Crippen MR) is 73.4 cm³/mol. The largest absolute Gasteiger partial charge is 0.356 e. The lowest BCUT2D eigenvalue weighted by atomic mass is 9.92. The average molecular weight is 253 g/mol. The molecule has 0 aromatic heterocycles. The molecule has 2 N–H and O–H groups in total. The summed E-state index contributed by atoms with van der Waals surface area (Å²) >= 11 is 0. The molecule has 18 heavy (non-hydrogen) atoms. The van der Waals surface area contributed by atoms with Crippen molar-refractivity contribution >= 4 is 5.91 Å². The van der Waals surface area contributed by atoms with Gasteiger partial charge >= 0.3 is 0 Å². The fourth-order valence-corrected chi connectivity index (χ4v) is 3.03. The number of hydrogen-bond acceptors (Lipinski definition) is 3. The van der Waals surface area contributed by atoms with Crippen LogP contribution in [0.4, 0.5) is 0 Å². The molecule has 104 valence electrons. The van der Waals surface area contributed by atoms with Crippen molar-refractivity contribution in [3.05, 3.63) is 0 Å². The number of piperidine rings is 2. The van der Waals surface area contributed by atoms with Crippen LogP contribution < -0.4 is 10.6 Å². The summed E-state index contributed by atoms with van der Waals surface area (Å²) in [7, 11) is 2.17. The number of rotatable bonds is 3. The Kier molecular flexibility index (Phi) is 5.01. The number of carbonyl (C=O) groups excluding carboxylic acids is 1. The number of nitrogens with one attached hydrogen (secondary N) is 2. The predicted octanol–water partition coefficient (Wildman–Crippen LogP) is 0.833. The van der Waals surface area contributed by atoms with Gasteiger partial charge in [-0.05, 0) is 65.2 Å². The smallest absolute Gasteiger partial charge is 0.223 e. The average Bonchev–Trinajstić information content (AvgIpc) is 2.38. The van der Waals surface area contributed by atoms with Crippen molar-refractivity contribution in [2.24, 2.45) is 11.8 Å². The van der Waals surface area contributed by atoms with Crippen LogP contribution in [0, 0.1) is 11.8 Å². The second kappa shape index (κ2) is 6.53. The summed E-state index contributed by atoms with van der Waals surface area (Å²) in [5.74, 6) is 1.19. The molecule has 0 aromatic carbocycles. The third kappa shape index (κ3) is 3.95. The van der Waals surface area contributed by atoms with Crippen LogP contribution in [0.5, 0.6) is 0 Å². The van der Waals surface area contributed by atoms with E-state index < -0.39 is 0 Å². The summed E-state index contributed by atoms with van der Waals surface area (Å²) in [6.07, 6.45) is 4.42. The highest BCUT2D eigenvalue weighted by molar-refractivity contribution is 5.78. The summed E-state index contributed by atoms with van der Waals surface area (Å²) < 4.78 is 0. The van der Waals surface area contributed by atoms with E-state index in [0.29, 0.717) is 12.0 Å². The number of likely N-dealkylation sites (tertiary alicyclic amines) is 1. The van der Waals surface area contributed by atoms with Crippen LogP contribution in [0.2, 0.25) is 0 Å². The van der Waals surface area contributed by atoms with Crippen LogP contribution in [-0.4, -0.2) is 50.1 Å². The van der Waals surface area contributed by atoms with E-state index in [1.165, 1.54) is 25.9 Å². The van der Waals surface area contributed by atoms with Crippen LogP contribution >= 0.6 is 0 Å². The molecule has 1 amide bonds. The molecule has 2 heterocycles. The van der Waals surface area contributed by atoms with E-state index in [1.54, 1.807) is 0 Å². The van der Waals surface area contributed by atoms with Crippen molar-refractivity contribution in [2.45, 2.75) is 38.6 Å². The maximum absolute atomic E-state index is 12.1. The van der Waals surface area contributed by atoms with Gasteiger partial charge in [0.2, 0.25) is 5.91 Å². The number of nitrogens with zero attached hydrogens (tertiary/aromatic N) is 1. The minimum atomic E-state index is 0.229. The molecule has 2 fully saturated rings. The summed E-state index contributed by atoms with van der Waals surface area (Å²) in [6, 6.07) is 0.484. The Balaban J connectivity index is 1.68. The van der Waals surface area contributed by atoms with E-state index in [-0.39, 0.29) is 11.8 Å². The van der Waals surface area contributed by atoms with Crippen molar-refractivity contribution < 1.29 is 4.79 Å². The highest BCUT2D eigenvalue weighted by atomic mass is 16.1. The first-order valence-electron chi connectivity index (χ1n) is 7.35. The first kappa shape index (κ1) is 13.8. The molecule has 0 saturated carbocycles. The van der Waals surface area contributed by atoms with Crippen LogP contribution in [-0.2, 0) is 4.79 Å². The molecule has 2 saturated heterocycles. The van der Waals surface area contributed by atoms with Crippen LogP contribution in [0.3, 0.4) is 0 Å². The van der Waals surface area contributed by atoms with Crippen molar-refractivity contribution in [1.29, 1.82) is 0 Å². The zero-order valence-electron chi connectivity index (χ0n) is 11.7. The molecular formula is C14H27N3O. The molecular weight excluding hydrogens is 226 g/mol. The molecule has 0 radical (unpaired) electrons. The monoisotopic (exact) mass is 253 g/mol. The molecule has 4 heteroatoms. The molecule has 0 bridgehead atoms. The highest BCUT2D eigenvalue weighted by Crippen LogP contribution is 2.18. The fraction of sp³-hybridized carbons (Fsp3) is 0.929. The zero-order chi connectivity index (χ0) is 13.0. The van der Waals surface area contributed by atoms with Gasteiger partial charge in [0.25, 0.3) is 0 Å². The molecule has 0 aromatic rings. The molecule has 2 unspecified atom stereocenters. The van der Waals surface area contributed by atoms with E-state index in [9.17, 15) is 4.79 Å². The van der Waals surface area contributed by atoms with Crippen LogP contribution in [0.25, 0.3) is 0 Å². The highest BCUT2D eigenvalue weighted by Gasteiger charge is 2.25. The lowest BCUT2D eigenvalue weighted by Gasteiger charge is -2.30. The van der Waals surface area contributed by atoms with Gasteiger partial charge in [-0.2, -0.15) is 0 Å². The van der Waals surface area contributed by atoms with Gasteiger partial charge < -0.3 is 15.5 Å². The topological polar surface area (TPSA) is 44.4 Å². The summed E-state index contributed by atoms with van der Waals surface area (Å²) in [6.45, 7) is 6.37. The Morgan fingerprint density at radius 3 is 2.72 bits per heavy atom. The van der Waals surface area contributed by atoms with Crippen molar-refractivity contribution in [2.75, 3.05) is 33.2 Å². The van der Waals surface area contributed by atoms with E-state index in [2.05, 4.69) is 29.5 Å². The second-order valence-electron chi connectivity index (χ2n) is 6.07. The Bertz CT molecular complexity index is 274. The van der Waals surface area contributed by atoms with Gasteiger partial charge in [-0.1, -0.05) is 0 Å². The van der Waals surface area contributed by atoms with Crippen LogP contribution in [0.1, 0.15) is 32.6 Å². The maximum Gasteiger partial charge on any atom is 0.223 e. The first-order chi connectivity index (χ1) is 8.65. The number of carbonyl (C=O) groups is 1. The van der Waals surface area contributed by atoms with Crippen molar-refractivity contribution in [1.82, 2.24) is 15.5 Å². The van der Waals surface area contributed by atoms with Gasteiger partial charge in [0, 0.05) is 18.5 Å². The minimum Gasteiger partial charge on any atom is -0.356 e. The van der Waals surface area contributed by atoms with E-state index in [0.717, 1.165) is 25.9 Å². The van der Waals surface area contributed by atoms with Gasteiger partial charge in [0.15, 0.2) is 0 Å². The standard InChI is InChI=1S/C14H27N3O/c1-11-9-13(3-6-15-11)14(18)16-10-12-4-7-17(2)8-5-12/h11-13,15H,3-10H2,1-2H3,(H,16,18). The lowest BCUT2D eigenvalue weighted by Crippen LogP contribution is -2.44. The maximum atomic E-state index is 12.1. The minimum absolute atomic E-state index is 0.229. The molecule has 0 aliphatic carbocycles. The lowest BCUT2D eigenvalue weighted by molar-refractivity contribution is -0.126. The Morgan fingerprint density at radius 1 is 1.33 bits per heavy atom.